The molecule has 0 saturated carbocycles. The average molecular weight is 769 g/mol. The highest BCUT2D eigenvalue weighted by atomic mass is 14.9. The van der Waals surface area contributed by atoms with Gasteiger partial charge in [0.25, 0.3) is 0 Å². The number of aryl methyl sites for hydroxylation is 10. The van der Waals surface area contributed by atoms with E-state index < -0.39 is 0 Å². The van der Waals surface area contributed by atoms with Crippen molar-refractivity contribution >= 4 is 0 Å². The third-order valence-electron chi connectivity index (χ3n) is 12.7. The first kappa shape index (κ1) is 39.4. The van der Waals surface area contributed by atoms with Crippen LogP contribution in [0.25, 0.3) is 78.1 Å². The minimum Gasteiger partial charge on any atom is -0.201 e. The van der Waals surface area contributed by atoms with Crippen molar-refractivity contribution in [2.75, 3.05) is 0 Å². The third kappa shape index (κ3) is 7.34. The van der Waals surface area contributed by atoms with Gasteiger partial charge < -0.3 is 0 Å². The molecule has 0 bridgehead atoms. The van der Waals surface area contributed by atoms with E-state index in [1.165, 1.54) is 128 Å². The maximum absolute atomic E-state index is 2.42. The number of benzene rings is 6. The zero-order chi connectivity index (χ0) is 41.7. The quantitative estimate of drug-likeness (QED) is 0.143. The number of pyridine rings is 2. The second kappa shape index (κ2) is 15.8. The van der Waals surface area contributed by atoms with Gasteiger partial charge in [-0.15, -0.1) is 0 Å². The maximum Gasteiger partial charge on any atom is 0.213 e. The van der Waals surface area contributed by atoms with Gasteiger partial charge in [-0.2, -0.15) is 0 Å². The normalized spacial score (nSPS) is 11.3. The number of aromatic nitrogens is 2. The van der Waals surface area contributed by atoms with Crippen molar-refractivity contribution in [2.24, 2.45) is 14.1 Å². The van der Waals surface area contributed by atoms with Crippen LogP contribution >= 0.6 is 0 Å². The topological polar surface area (TPSA) is 7.76 Å². The molecule has 0 atom stereocenters. The molecule has 8 rings (SSSR count). The van der Waals surface area contributed by atoms with Gasteiger partial charge in [-0.25, -0.2) is 9.13 Å². The smallest absolute Gasteiger partial charge is 0.201 e. The lowest BCUT2D eigenvalue weighted by Gasteiger charge is -2.18. The first-order valence-electron chi connectivity index (χ1n) is 20.9. The molecule has 0 saturated heterocycles. The highest BCUT2D eigenvalue weighted by Crippen LogP contribution is 2.40. The molecule has 0 aliphatic heterocycles. The van der Waals surface area contributed by atoms with Crippen molar-refractivity contribution in [2.45, 2.75) is 62.3 Å². The summed E-state index contributed by atoms with van der Waals surface area (Å²) in [4.78, 5) is 0. The Kier molecular flexibility index (Phi) is 10.5. The van der Waals surface area contributed by atoms with Crippen LogP contribution in [-0.2, 0) is 14.1 Å². The molecule has 2 heteroatoms. The summed E-state index contributed by atoms with van der Waals surface area (Å²) < 4.78 is 4.52. The van der Waals surface area contributed by atoms with E-state index in [1.54, 1.807) is 0 Å². The van der Waals surface area contributed by atoms with Crippen LogP contribution in [0.5, 0.6) is 0 Å². The van der Waals surface area contributed by atoms with Crippen LogP contribution < -0.4 is 9.13 Å². The lowest BCUT2D eigenvalue weighted by Crippen LogP contribution is -2.30. The summed E-state index contributed by atoms with van der Waals surface area (Å²) in [6, 6.07) is 47.8. The van der Waals surface area contributed by atoms with Gasteiger partial charge in [-0.05, 0) is 186 Å². The van der Waals surface area contributed by atoms with E-state index in [-0.39, 0.29) is 0 Å². The van der Waals surface area contributed by atoms with Gasteiger partial charge in [0.05, 0.1) is 0 Å². The average Bonchev–Trinajstić information content (AvgIpc) is 3.20. The van der Waals surface area contributed by atoms with Crippen LogP contribution in [0.3, 0.4) is 0 Å². The van der Waals surface area contributed by atoms with Crippen LogP contribution in [0.1, 0.15) is 50.1 Å². The Morgan fingerprint density at radius 1 is 0.288 bits per heavy atom. The van der Waals surface area contributed by atoms with Gasteiger partial charge in [0.15, 0.2) is 12.4 Å². The zero-order valence-electron chi connectivity index (χ0n) is 36.7. The predicted molar refractivity (Wildman–Crippen MR) is 249 cm³/mol. The molecule has 0 N–H and O–H groups in total. The van der Waals surface area contributed by atoms with Crippen LogP contribution in [-0.4, -0.2) is 0 Å². The highest BCUT2D eigenvalue weighted by Gasteiger charge is 2.22. The van der Waals surface area contributed by atoms with E-state index in [9.17, 15) is 0 Å². The Bertz CT molecular complexity index is 2940. The number of rotatable bonds is 7. The zero-order valence-corrected chi connectivity index (χ0v) is 36.7. The van der Waals surface area contributed by atoms with Gasteiger partial charge in [-0.1, -0.05) is 84.9 Å². The Hall–Kier alpha value is -6.38. The molecular formula is C57H56N2+2. The van der Waals surface area contributed by atoms with Crippen molar-refractivity contribution in [1.82, 2.24) is 0 Å². The van der Waals surface area contributed by atoms with Crippen LogP contribution in [0.15, 0.2) is 140 Å². The second-order valence-electron chi connectivity index (χ2n) is 16.9. The molecule has 292 valence electrons. The lowest BCUT2D eigenvalue weighted by molar-refractivity contribution is -0.660. The van der Waals surface area contributed by atoms with Crippen LogP contribution in [0.4, 0.5) is 0 Å². The van der Waals surface area contributed by atoms with Crippen LogP contribution in [0, 0.1) is 62.3 Å². The Balaban J connectivity index is 1.21. The third-order valence-corrected chi connectivity index (χ3v) is 12.7. The summed E-state index contributed by atoms with van der Waals surface area (Å²) in [5, 5.41) is 0. The van der Waals surface area contributed by atoms with E-state index in [4.69, 9.17) is 0 Å². The van der Waals surface area contributed by atoms with Crippen molar-refractivity contribution in [3.63, 3.8) is 0 Å². The summed E-state index contributed by atoms with van der Waals surface area (Å²) in [6.45, 7) is 20.2. The number of hydrogen-bond donors (Lipinski definition) is 0. The fourth-order valence-electron chi connectivity index (χ4n) is 9.29. The Morgan fingerprint density at radius 3 is 1.32 bits per heavy atom. The summed E-state index contributed by atoms with van der Waals surface area (Å²) in [7, 11) is 4.31. The first-order chi connectivity index (χ1) is 28.3. The lowest BCUT2D eigenvalue weighted by atomic mass is 9.86. The number of hydrogen-bond acceptors (Lipinski definition) is 0. The molecule has 8 aromatic rings. The summed E-state index contributed by atoms with van der Waals surface area (Å²) in [5.41, 5.74) is 29.2. The van der Waals surface area contributed by atoms with Gasteiger partial charge in [-0.3, -0.25) is 0 Å². The Labute approximate surface area is 352 Å². The van der Waals surface area contributed by atoms with Crippen molar-refractivity contribution in [3.8, 4) is 78.1 Å². The van der Waals surface area contributed by atoms with E-state index in [0.717, 1.165) is 0 Å². The van der Waals surface area contributed by atoms with Crippen molar-refractivity contribution in [1.29, 1.82) is 0 Å². The summed E-state index contributed by atoms with van der Waals surface area (Å²) in [5.74, 6) is 0. The molecule has 59 heavy (non-hydrogen) atoms. The molecule has 2 aromatic heterocycles. The van der Waals surface area contributed by atoms with Gasteiger partial charge in [0.2, 0.25) is 11.4 Å². The second-order valence-corrected chi connectivity index (χ2v) is 16.9. The van der Waals surface area contributed by atoms with Gasteiger partial charge in [0.1, 0.15) is 14.1 Å². The molecule has 0 amide bonds. The highest BCUT2D eigenvalue weighted by molar-refractivity contribution is 5.86. The molecule has 0 spiro atoms. The summed E-state index contributed by atoms with van der Waals surface area (Å²) >= 11 is 0. The molecule has 0 unspecified atom stereocenters. The van der Waals surface area contributed by atoms with Crippen LogP contribution in [0.2, 0.25) is 0 Å². The fraction of sp³-hybridized carbons (Fsp3) is 0.193. The largest absolute Gasteiger partial charge is 0.213 e. The van der Waals surface area contributed by atoms with E-state index >= 15 is 0 Å². The monoisotopic (exact) mass is 768 g/mol. The van der Waals surface area contributed by atoms with Crippen molar-refractivity contribution < 1.29 is 9.13 Å². The summed E-state index contributed by atoms with van der Waals surface area (Å²) in [6.07, 6.45) is 4.42. The van der Waals surface area contributed by atoms with E-state index in [2.05, 4.69) is 225 Å². The molecule has 6 aromatic carbocycles. The number of nitrogens with zero attached hydrogens (tertiary/aromatic N) is 2. The molecule has 0 fully saturated rings. The maximum atomic E-state index is 2.42. The minimum absolute atomic E-state index is 1.21. The standard InChI is InChI=1S/C57H56N2/c1-35-16-12-14-18-47(35)45-24-26-58(10)55(31-45)54-34-52(40(6)29-42(54)8)50-30-44(22-20-37(50)3)49-23-21-38(4)57(43(49)9)46-25-27-59(11)56(32-46)53-33-51(39(5)28-41(53)7)48-19-15-13-17-36(48)2/h12-34H,1-11H3/q+2. The first-order valence-corrected chi connectivity index (χ1v) is 20.9. The molecule has 2 heterocycles. The van der Waals surface area contributed by atoms with Gasteiger partial charge >= 0.3 is 0 Å². The van der Waals surface area contributed by atoms with E-state index in [0.29, 0.717) is 0 Å². The molecule has 0 radical (unpaired) electrons. The predicted octanol–water partition coefficient (Wildman–Crippen LogP) is 13.8. The minimum atomic E-state index is 1.21. The fourth-order valence-corrected chi connectivity index (χ4v) is 9.29. The molecule has 0 aliphatic carbocycles. The van der Waals surface area contributed by atoms with E-state index in [1.807, 2.05) is 0 Å². The Morgan fingerprint density at radius 2 is 0.729 bits per heavy atom. The van der Waals surface area contributed by atoms with Crippen molar-refractivity contribution in [3.05, 3.63) is 190 Å². The molecular weight excluding hydrogens is 713 g/mol. The van der Waals surface area contributed by atoms with Gasteiger partial charge in [0, 0.05) is 35.4 Å². The molecule has 2 nitrogen and oxygen atoms in total. The molecule has 0 aliphatic rings. The SMILES string of the molecule is Cc1ccccc1-c1cc[n+](C)c(-c2cc(-c3cc(-c4ccc(C)c(-c5cc[n+](C)c(-c6cc(-c7ccccc7C)c(C)cc6C)c5)c4C)ccc3C)c(C)cc2C)c1.